The fourth-order valence-electron chi connectivity index (χ4n) is 2.21. The Bertz CT molecular complexity index is 851. The molecule has 3 rings (SSSR count). The number of thioether (sulfide) groups is 1. The Morgan fingerprint density at radius 1 is 1.04 bits per heavy atom. The molecule has 24 heavy (non-hydrogen) atoms. The number of benzene rings is 2. The minimum atomic E-state index is 0.0684. The highest BCUT2D eigenvalue weighted by atomic mass is 79.9. The smallest absolute Gasteiger partial charge is 0.188 e. The van der Waals surface area contributed by atoms with Crippen molar-refractivity contribution in [3.05, 3.63) is 76.4 Å². The van der Waals surface area contributed by atoms with Crippen molar-refractivity contribution in [2.75, 3.05) is 5.75 Å². The van der Waals surface area contributed by atoms with Gasteiger partial charge >= 0.3 is 0 Å². The van der Waals surface area contributed by atoms with Crippen molar-refractivity contribution < 1.29 is 4.79 Å². The molecule has 0 radical (unpaired) electrons. The van der Waals surface area contributed by atoms with Crippen LogP contribution in [0.2, 0.25) is 0 Å². The van der Waals surface area contributed by atoms with Crippen LogP contribution in [0.4, 0.5) is 0 Å². The van der Waals surface area contributed by atoms with Crippen molar-refractivity contribution in [2.24, 2.45) is 0 Å². The van der Waals surface area contributed by atoms with E-state index in [0.717, 1.165) is 21.4 Å². The number of ketones is 1. The first-order chi connectivity index (χ1) is 11.6. The van der Waals surface area contributed by atoms with Gasteiger partial charge in [-0.3, -0.25) is 4.79 Å². The monoisotopic (exact) mass is 398 g/mol. The van der Waals surface area contributed by atoms with Gasteiger partial charge in [0, 0.05) is 21.3 Å². The lowest BCUT2D eigenvalue weighted by atomic mass is 10.1. The summed E-state index contributed by atoms with van der Waals surface area (Å²) in [4.78, 5) is 21.3. The van der Waals surface area contributed by atoms with E-state index < -0.39 is 0 Å². The van der Waals surface area contributed by atoms with Crippen molar-refractivity contribution in [1.29, 1.82) is 0 Å². The highest BCUT2D eigenvalue weighted by Crippen LogP contribution is 2.22. The summed E-state index contributed by atoms with van der Waals surface area (Å²) < 4.78 is 0.959. The number of nitrogens with zero attached hydrogens (tertiary/aromatic N) is 2. The minimum Gasteiger partial charge on any atom is -0.293 e. The normalized spacial score (nSPS) is 10.6. The Labute approximate surface area is 153 Å². The summed E-state index contributed by atoms with van der Waals surface area (Å²) in [6, 6.07) is 19.3. The second-order valence-corrected chi connectivity index (χ2v) is 7.12. The molecule has 0 unspecified atom stereocenters. The molecule has 0 bridgehead atoms. The average molecular weight is 399 g/mol. The second kappa shape index (κ2) is 7.73. The fourth-order valence-corrected chi connectivity index (χ4v) is 3.27. The van der Waals surface area contributed by atoms with Crippen LogP contribution in [-0.2, 0) is 0 Å². The van der Waals surface area contributed by atoms with Crippen molar-refractivity contribution in [1.82, 2.24) is 9.97 Å². The fraction of sp³-hybridized carbons (Fsp3) is 0.105. The molecular weight excluding hydrogens is 384 g/mol. The first-order valence-electron chi connectivity index (χ1n) is 7.44. The van der Waals surface area contributed by atoms with E-state index in [1.54, 1.807) is 0 Å². The predicted molar refractivity (Wildman–Crippen MR) is 101 cm³/mol. The van der Waals surface area contributed by atoms with Gasteiger partial charge in [0.25, 0.3) is 0 Å². The van der Waals surface area contributed by atoms with Gasteiger partial charge in [0.2, 0.25) is 0 Å². The third-order valence-corrected chi connectivity index (χ3v) is 4.78. The maximum absolute atomic E-state index is 12.3. The van der Waals surface area contributed by atoms with Gasteiger partial charge in [-0.1, -0.05) is 70.2 Å². The summed E-state index contributed by atoms with van der Waals surface area (Å²) in [7, 11) is 0. The molecule has 0 amide bonds. The molecule has 3 nitrogen and oxygen atoms in total. The first-order valence-corrected chi connectivity index (χ1v) is 9.22. The maximum Gasteiger partial charge on any atom is 0.188 e. The molecule has 0 aliphatic rings. The Balaban J connectivity index is 1.74. The van der Waals surface area contributed by atoms with Crippen LogP contribution in [0.5, 0.6) is 0 Å². The number of hydrogen-bond acceptors (Lipinski definition) is 4. The lowest BCUT2D eigenvalue weighted by Gasteiger charge is -2.06. The van der Waals surface area contributed by atoms with Gasteiger partial charge in [0.05, 0.1) is 11.4 Å². The summed E-state index contributed by atoms with van der Waals surface area (Å²) in [5.74, 6) is 0.387. The number of carbonyl (C=O) groups is 1. The minimum absolute atomic E-state index is 0.0684. The van der Waals surface area contributed by atoms with Crippen molar-refractivity contribution in [3.8, 4) is 11.3 Å². The summed E-state index contributed by atoms with van der Waals surface area (Å²) in [6.45, 7) is 1.94. The number of carbonyl (C=O) groups excluding carboxylic acids is 1. The van der Waals surface area contributed by atoms with Crippen molar-refractivity contribution in [3.63, 3.8) is 0 Å². The Kier molecular flexibility index (Phi) is 5.43. The van der Waals surface area contributed by atoms with E-state index in [0.29, 0.717) is 16.5 Å². The molecule has 0 spiro atoms. The second-order valence-electron chi connectivity index (χ2n) is 5.26. The lowest BCUT2D eigenvalue weighted by molar-refractivity contribution is 0.102. The average Bonchev–Trinajstić information content (AvgIpc) is 2.60. The van der Waals surface area contributed by atoms with Gasteiger partial charge in [-0.05, 0) is 25.1 Å². The number of halogens is 1. The summed E-state index contributed by atoms with van der Waals surface area (Å²) >= 11 is 4.74. The van der Waals surface area contributed by atoms with E-state index in [4.69, 9.17) is 0 Å². The van der Waals surface area contributed by atoms with Crippen molar-refractivity contribution >= 4 is 33.5 Å². The quantitative estimate of drug-likeness (QED) is 0.337. The van der Waals surface area contributed by atoms with Crippen LogP contribution < -0.4 is 0 Å². The van der Waals surface area contributed by atoms with E-state index in [-0.39, 0.29) is 5.78 Å². The van der Waals surface area contributed by atoms with E-state index in [2.05, 4.69) is 25.9 Å². The zero-order valence-electron chi connectivity index (χ0n) is 13.1. The zero-order chi connectivity index (χ0) is 16.9. The third kappa shape index (κ3) is 4.30. The van der Waals surface area contributed by atoms with Crippen LogP contribution in [0.1, 0.15) is 16.1 Å². The molecule has 0 aliphatic heterocycles. The molecule has 0 saturated carbocycles. The van der Waals surface area contributed by atoms with Gasteiger partial charge in [0.1, 0.15) is 0 Å². The number of rotatable bonds is 5. The Hall–Kier alpha value is -1.98. The van der Waals surface area contributed by atoms with Gasteiger partial charge in [-0.25, -0.2) is 9.97 Å². The molecule has 5 heteroatoms. The van der Waals surface area contributed by atoms with Gasteiger partial charge < -0.3 is 0 Å². The van der Waals surface area contributed by atoms with Crippen LogP contribution in [0, 0.1) is 6.92 Å². The molecule has 120 valence electrons. The number of hydrogen-bond donors (Lipinski definition) is 0. The maximum atomic E-state index is 12.3. The van der Waals surface area contributed by atoms with Gasteiger partial charge in [-0.15, -0.1) is 0 Å². The van der Waals surface area contributed by atoms with Gasteiger partial charge in [0.15, 0.2) is 10.9 Å². The number of aryl methyl sites for hydroxylation is 1. The first kappa shape index (κ1) is 16.9. The predicted octanol–water partition coefficient (Wildman–Crippen LogP) is 5.19. The molecule has 0 saturated heterocycles. The summed E-state index contributed by atoms with van der Waals surface area (Å²) in [5.41, 5.74) is 3.51. The lowest BCUT2D eigenvalue weighted by Crippen LogP contribution is -2.03. The molecule has 0 fully saturated rings. The van der Waals surface area contributed by atoms with Crippen LogP contribution in [0.25, 0.3) is 11.3 Å². The van der Waals surface area contributed by atoms with E-state index in [1.165, 1.54) is 11.8 Å². The Morgan fingerprint density at radius 3 is 2.46 bits per heavy atom. The van der Waals surface area contributed by atoms with Crippen LogP contribution in [-0.4, -0.2) is 21.5 Å². The van der Waals surface area contributed by atoms with Crippen LogP contribution in [0.3, 0.4) is 0 Å². The van der Waals surface area contributed by atoms with Crippen LogP contribution >= 0.6 is 27.7 Å². The number of Topliss-reactive ketones (excluding diaryl/α,β-unsaturated/α-hetero) is 1. The number of aromatic nitrogens is 2. The topological polar surface area (TPSA) is 42.9 Å². The van der Waals surface area contributed by atoms with Gasteiger partial charge in [-0.2, -0.15) is 0 Å². The molecule has 1 aromatic heterocycles. The van der Waals surface area contributed by atoms with Crippen molar-refractivity contribution in [2.45, 2.75) is 12.1 Å². The molecular formula is C19H15BrN2OS. The summed E-state index contributed by atoms with van der Waals surface area (Å²) in [5, 5.41) is 0.624. The zero-order valence-corrected chi connectivity index (χ0v) is 15.5. The molecule has 0 aliphatic carbocycles. The third-order valence-electron chi connectivity index (χ3n) is 3.40. The van der Waals surface area contributed by atoms with E-state index in [9.17, 15) is 4.79 Å². The van der Waals surface area contributed by atoms with E-state index >= 15 is 0 Å². The summed E-state index contributed by atoms with van der Waals surface area (Å²) in [6.07, 6.45) is 0. The highest BCUT2D eigenvalue weighted by Gasteiger charge is 2.10. The molecule has 0 N–H and O–H groups in total. The largest absolute Gasteiger partial charge is 0.293 e. The molecule has 1 heterocycles. The SMILES string of the molecule is Cc1cc(-c2ccccc2)nc(SCC(=O)c2ccc(Br)cc2)n1. The highest BCUT2D eigenvalue weighted by molar-refractivity contribution is 9.10. The molecule has 2 aromatic carbocycles. The molecule has 3 aromatic rings. The molecule has 0 atom stereocenters. The Morgan fingerprint density at radius 2 is 1.75 bits per heavy atom. The van der Waals surface area contributed by atoms with E-state index in [1.807, 2.05) is 67.6 Å². The standard InChI is InChI=1S/C19H15BrN2OS/c1-13-11-17(14-5-3-2-4-6-14)22-19(21-13)24-12-18(23)15-7-9-16(20)10-8-15/h2-11H,12H2,1H3. The van der Waals surface area contributed by atoms with Crippen LogP contribution in [0.15, 0.2) is 70.3 Å².